The average Bonchev–Trinajstić information content (AvgIpc) is 2.72. The smallest absolute Gasteiger partial charge is 0.338 e. The van der Waals surface area contributed by atoms with Crippen molar-refractivity contribution in [3.63, 3.8) is 0 Å². The SMILES string of the molecule is N#CCC(=O)Nc1ccc(C(=O)OCC(=O)NC(=O)NCc2ccccc2)cc1. The van der Waals surface area contributed by atoms with Crippen molar-refractivity contribution in [1.82, 2.24) is 10.6 Å². The summed E-state index contributed by atoms with van der Waals surface area (Å²) in [6.07, 6.45) is -0.280. The van der Waals surface area contributed by atoms with Gasteiger partial charge in [-0.3, -0.25) is 14.9 Å². The van der Waals surface area contributed by atoms with Gasteiger partial charge < -0.3 is 15.4 Å². The van der Waals surface area contributed by atoms with Gasteiger partial charge in [0.25, 0.3) is 5.91 Å². The van der Waals surface area contributed by atoms with Crippen LogP contribution in [0.15, 0.2) is 54.6 Å². The number of urea groups is 1. The summed E-state index contributed by atoms with van der Waals surface area (Å²) >= 11 is 0. The lowest BCUT2D eigenvalue weighted by molar-refractivity contribution is -0.123. The zero-order chi connectivity index (χ0) is 21.1. The minimum absolute atomic E-state index is 0.157. The molecule has 4 amide bonds. The largest absolute Gasteiger partial charge is 0.452 e. The summed E-state index contributed by atoms with van der Waals surface area (Å²) in [5, 5.41) is 15.5. The van der Waals surface area contributed by atoms with Crippen LogP contribution >= 0.6 is 0 Å². The lowest BCUT2D eigenvalue weighted by atomic mass is 10.2. The topological polar surface area (TPSA) is 137 Å². The molecule has 0 heterocycles. The van der Waals surface area contributed by atoms with Gasteiger partial charge in [-0.2, -0.15) is 5.26 Å². The third-order valence-corrected chi connectivity index (χ3v) is 3.53. The number of anilines is 1. The molecule has 2 aromatic rings. The Hall–Kier alpha value is -4.19. The van der Waals surface area contributed by atoms with Gasteiger partial charge in [-0.15, -0.1) is 0 Å². The molecule has 0 aliphatic rings. The van der Waals surface area contributed by atoms with E-state index in [1.54, 1.807) is 6.07 Å². The number of nitriles is 1. The molecule has 9 heteroatoms. The zero-order valence-corrected chi connectivity index (χ0v) is 15.3. The number of nitrogens with zero attached hydrogens (tertiary/aromatic N) is 1. The number of nitrogens with one attached hydrogen (secondary N) is 3. The fourth-order valence-corrected chi connectivity index (χ4v) is 2.17. The normalized spacial score (nSPS) is 9.62. The fraction of sp³-hybridized carbons (Fsp3) is 0.150. The van der Waals surface area contributed by atoms with Crippen LogP contribution in [0.5, 0.6) is 0 Å². The molecule has 9 nitrogen and oxygen atoms in total. The Balaban J connectivity index is 1.73. The third kappa shape index (κ3) is 7.52. The highest BCUT2D eigenvalue weighted by atomic mass is 16.5. The maximum absolute atomic E-state index is 11.9. The van der Waals surface area contributed by atoms with Crippen molar-refractivity contribution in [2.45, 2.75) is 13.0 Å². The first-order valence-corrected chi connectivity index (χ1v) is 8.53. The summed E-state index contributed by atoms with van der Waals surface area (Å²) in [5.41, 5.74) is 1.44. The van der Waals surface area contributed by atoms with E-state index in [2.05, 4.69) is 16.0 Å². The van der Waals surface area contributed by atoms with Crippen molar-refractivity contribution < 1.29 is 23.9 Å². The number of hydrogen-bond donors (Lipinski definition) is 3. The van der Waals surface area contributed by atoms with Crippen molar-refractivity contribution in [2.24, 2.45) is 0 Å². The molecule has 3 N–H and O–H groups in total. The number of carbonyl (C=O) groups excluding carboxylic acids is 4. The molecule has 29 heavy (non-hydrogen) atoms. The van der Waals surface area contributed by atoms with Gasteiger partial charge in [-0.05, 0) is 29.8 Å². The Morgan fingerprint density at radius 3 is 2.28 bits per heavy atom. The van der Waals surface area contributed by atoms with E-state index in [-0.39, 0.29) is 18.5 Å². The van der Waals surface area contributed by atoms with E-state index in [4.69, 9.17) is 10.00 Å². The predicted octanol–water partition coefficient (Wildman–Crippen LogP) is 1.72. The van der Waals surface area contributed by atoms with Gasteiger partial charge in [0.05, 0.1) is 11.6 Å². The first-order valence-electron chi connectivity index (χ1n) is 8.53. The zero-order valence-electron chi connectivity index (χ0n) is 15.3. The summed E-state index contributed by atoms with van der Waals surface area (Å²) in [5.74, 6) is -2.01. The molecule has 0 radical (unpaired) electrons. The third-order valence-electron chi connectivity index (χ3n) is 3.53. The number of rotatable bonds is 7. The molecule has 0 fully saturated rings. The number of carbonyl (C=O) groups is 4. The minimum atomic E-state index is -0.774. The second-order valence-electron chi connectivity index (χ2n) is 5.75. The molecule has 0 bridgehead atoms. The monoisotopic (exact) mass is 394 g/mol. The molecule has 0 atom stereocenters. The van der Waals surface area contributed by atoms with Crippen LogP contribution in [0.3, 0.4) is 0 Å². The molecule has 0 aromatic heterocycles. The van der Waals surface area contributed by atoms with Crippen molar-refractivity contribution in [3.8, 4) is 6.07 Å². The highest BCUT2D eigenvalue weighted by molar-refractivity contribution is 5.97. The number of hydrogen-bond acceptors (Lipinski definition) is 6. The summed E-state index contributed by atoms with van der Waals surface area (Å²) in [7, 11) is 0. The van der Waals surface area contributed by atoms with Crippen LogP contribution in [0.25, 0.3) is 0 Å². The van der Waals surface area contributed by atoms with Gasteiger partial charge in [-0.1, -0.05) is 30.3 Å². The van der Waals surface area contributed by atoms with Crippen LogP contribution in [-0.4, -0.2) is 30.4 Å². The molecular weight excluding hydrogens is 376 g/mol. The van der Waals surface area contributed by atoms with Crippen molar-refractivity contribution in [3.05, 3.63) is 65.7 Å². The van der Waals surface area contributed by atoms with E-state index < -0.39 is 30.4 Å². The lowest BCUT2D eigenvalue weighted by Gasteiger charge is -2.08. The molecular formula is C20H18N4O5. The van der Waals surface area contributed by atoms with Gasteiger partial charge in [0.2, 0.25) is 5.91 Å². The van der Waals surface area contributed by atoms with Gasteiger partial charge in [0.15, 0.2) is 6.61 Å². The van der Waals surface area contributed by atoms with E-state index in [0.717, 1.165) is 5.56 Å². The van der Waals surface area contributed by atoms with Crippen molar-refractivity contribution in [2.75, 3.05) is 11.9 Å². The summed E-state index contributed by atoms with van der Waals surface area (Å²) in [4.78, 5) is 46.7. The minimum Gasteiger partial charge on any atom is -0.452 e. The molecule has 148 valence electrons. The summed E-state index contributed by atoms with van der Waals surface area (Å²) in [6.45, 7) is -0.380. The molecule has 2 aromatic carbocycles. The van der Waals surface area contributed by atoms with Crippen LogP contribution in [-0.2, 0) is 20.9 Å². The maximum atomic E-state index is 11.9. The van der Waals surface area contributed by atoms with Crippen LogP contribution in [0.1, 0.15) is 22.3 Å². The number of imide groups is 1. The van der Waals surface area contributed by atoms with E-state index >= 15 is 0 Å². The van der Waals surface area contributed by atoms with E-state index in [1.165, 1.54) is 24.3 Å². The molecule has 0 aliphatic carbocycles. The second-order valence-corrected chi connectivity index (χ2v) is 5.75. The Labute approximate surface area is 166 Å². The number of benzene rings is 2. The molecule has 0 unspecified atom stereocenters. The molecule has 0 saturated carbocycles. The van der Waals surface area contributed by atoms with E-state index in [1.807, 2.05) is 30.3 Å². The Morgan fingerprint density at radius 1 is 0.931 bits per heavy atom. The predicted molar refractivity (Wildman–Crippen MR) is 102 cm³/mol. The number of ether oxygens (including phenoxy) is 1. The van der Waals surface area contributed by atoms with Gasteiger partial charge in [0, 0.05) is 12.2 Å². The molecule has 0 saturated heterocycles. The fourth-order valence-electron chi connectivity index (χ4n) is 2.17. The summed E-state index contributed by atoms with van der Waals surface area (Å²) in [6, 6.07) is 15.9. The standard InChI is InChI=1S/C20H18N4O5/c21-11-10-17(25)23-16-8-6-15(7-9-16)19(27)29-13-18(26)24-20(28)22-12-14-4-2-1-3-5-14/h1-9H,10,12-13H2,(H,23,25)(H2,22,24,26,28). The Kier molecular flexibility index (Phi) is 7.89. The van der Waals surface area contributed by atoms with Crippen molar-refractivity contribution >= 4 is 29.5 Å². The Morgan fingerprint density at radius 2 is 1.62 bits per heavy atom. The second kappa shape index (κ2) is 10.8. The number of amides is 4. The first kappa shape index (κ1) is 21.1. The van der Waals surface area contributed by atoms with Crippen LogP contribution < -0.4 is 16.0 Å². The van der Waals surface area contributed by atoms with Crippen LogP contribution in [0.2, 0.25) is 0 Å². The van der Waals surface area contributed by atoms with Crippen LogP contribution in [0, 0.1) is 11.3 Å². The Bertz CT molecular complexity index is 920. The van der Waals surface area contributed by atoms with Gasteiger partial charge in [-0.25, -0.2) is 9.59 Å². The molecule has 0 spiro atoms. The van der Waals surface area contributed by atoms with Crippen LogP contribution in [0.4, 0.5) is 10.5 Å². The average molecular weight is 394 g/mol. The van der Waals surface area contributed by atoms with E-state index in [9.17, 15) is 19.2 Å². The van der Waals surface area contributed by atoms with Gasteiger partial charge in [0.1, 0.15) is 6.42 Å². The highest BCUT2D eigenvalue weighted by Crippen LogP contribution is 2.11. The highest BCUT2D eigenvalue weighted by Gasteiger charge is 2.13. The maximum Gasteiger partial charge on any atom is 0.338 e. The number of esters is 1. The molecule has 2 rings (SSSR count). The quantitative estimate of drug-likeness (QED) is 0.612. The first-order chi connectivity index (χ1) is 14.0. The lowest BCUT2D eigenvalue weighted by Crippen LogP contribution is -2.41. The van der Waals surface area contributed by atoms with Crippen molar-refractivity contribution in [1.29, 1.82) is 5.26 Å². The van der Waals surface area contributed by atoms with Gasteiger partial charge >= 0.3 is 12.0 Å². The molecule has 0 aliphatic heterocycles. The van der Waals surface area contributed by atoms with E-state index in [0.29, 0.717) is 5.69 Å². The summed E-state index contributed by atoms with van der Waals surface area (Å²) < 4.78 is 4.85.